The number of carbonyl (C=O) groups excluding carboxylic acids is 1. The monoisotopic (exact) mass is 512 g/mol. The lowest BCUT2D eigenvalue weighted by molar-refractivity contribution is -0.0411. The number of benzene rings is 1. The Hall–Kier alpha value is -3.58. The van der Waals surface area contributed by atoms with Crippen LogP contribution in [0.25, 0.3) is 11.0 Å². The van der Waals surface area contributed by atoms with Crippen LogP contribution in [-0.4, -0.2) is 46.5 Å². The molecule has 0 spiro atoms. The molecule has 36 heavy (non-hydrogen) atoms. The van der Waals surface area contributed by atoms with E-state index in [2.05, 4.69) is 21.4 Å². The zero-order chi connectivity index (χ0) is 25.8. The highest BCUT2D eigenvalue weighted by Gasteiger charge is 2.56. The van der Waals surface area contributed by atoms with E-state index in [0.29, 0.717) is 29.0 Å². The quantitative estimate of drug-likeness (QED) is 0.374. The average Bonchev–Trinajstić information content (AvgIpc) is 3.39. The summed E-state index contributed by atoms with van der Waals surface area (Å²) in [6, 6.07) is 8.32. The molecule has 8 nitrogen and oxygen atoms in total. The first-order valence-electron chi connectivity index (χ1n) is 11.5. The van der Waals surface area contributed by atoms with Gasteiger partial charge in [0.15, 0.2) is 17.2 Å². The summed E-state index contributed by atoms with van der Waals surface area (Å²) in [7, 11) is 1.26. The lowest BCUT2D eigenvalue weighted by Crippen LogP contribution is -2.41. The number of nitrogens with zero attached hydrogens (tertiary/aromatic N) is 5. The van der Waals surface area contributed by atoms with Crippen molar-refractivity contribution in [3.8, 4) is 6.07 Å². The van der Waals surface area contributed by atoms with Gasteiger partial charge in [-0.25, -0.2) is 28.5 Å². The number of ether oxygens (including phenoxy) is 1. The Morgan fingerprint density at radius 2 is 2.11 bits per heavy atom. The average molecular weight is 513 g/mol. The molecule has 0 amide bonds. The summed E-state index contributed by atoms with van der Waals surface area (Å²) in [6.07, 6.45) is 0.122. The van der Waals surface area contributed by atoms with Crippen molar-refractivity contribution in [2.45, 2.75) is 44.7 Å². The minimum Gasteiger partial charge on any atom is -0.464 e. The summed E-state index contributed by atoms with van der Waals surface area (Å²) in [5.74, 6) is -3.75. The molecule has 0 unspecified atom stereocenters. The van der Waals surface area contributed by atoms with Gasteiger partial charge in [-0.1, -0.05) is 17.7 Å². The zero-order valence-electron chi connectivity index (χ0n) is 19.8. The van der Waals surface area contributed by atoms with E-state index in [-0.39, 0.29) is 41.6 Å². The highest BCUT2D eigenvalue weighted by molar-refractivity contribution is 6.29. The summed E-state index contributed by atoms with van der Waals surface area (Å²) >= 11 is 5.98. The van der Waals surface area contributed by atoms with Crippen molar-refractivity contribution in [1.29, 1.82) is 5.26 Å². The van der Waals surface area contributed by atoms with Crippen molar-refractivity contribution in [2.75, 3.05) is 23.9 Å². The third-order valence-electron chi connectivity index (χ3n) is 6.90. The van der Waals surface area contributed by atoms with Crippen molar-refractivity contribution in [2.24, 2.45) is 5.92 Å². The van der Waals surface area contributed by atoms with Crippen LogP contribution in [0.5, 0.6) is 0 Å². The van der Waals surface area contributed by atoms with Crippen LogP contribution in [0.4, 0.5) is 20.3 Å². The van der Waals surface area contributed by atoms with Gasteiger partial charge in [0.05, 0.1) is 29.9 Å². The van der Waals surface area contributed by atoms with Gasteiger partial charge in [0.25, 0.3) is 5.92 Å². The second-order valence-corrected chi connectivity index (χ2v) is 9.71. The molecule has 2 fully saturated rings. The highest BCUT2D eigenvalue weighted by Crippen LogP contribution is 2.49. The summed E-state index contributed by atoms with van der Waals surface area (Å²) in [5.41, 5.74) is 3.32. The Morgan fingerprint density at radius 1 is 1.33 bits per heavy atom. The molecule has 1 aromatic carbocycles. The summed E-state index contributed by atoms with van der Waals surface area (Å²) in [4.78, 5) is 27.5. The van der Waals surface area contributed by atoms with Gasteiger partial charge in [-0.3, -0.25) is 0 Å². The summed E-state index contributed by atoms with van der Waals surface area (Å²) in [6.45, 7) is 3.94. The fourth-order valence-corrected chi connectivity index (χ4v) is 5.35. The second kappa shape index (κ2) is 8.82. The number of anilines is 2. The molecule has 1 aliphatic heterocycles. The number of hydrogen-bond acceptors (Lipinski definition) is 8. The first-order valence-corrected chi connectivity index (χ1v) is 11.9. The van der Waals surface area contributed by atoms with Crippen molar-refractivity contribution < 1.29 is 18.3 Å². The van der Waals surface area contributed by atoms with Gasteiger partial charge >= 0.3 is 5.97 Å². The molecule has 2 aliphatic rings. The van der Waals surface area contributed by atoms with E-state index in [1.54, 1.807) is 17.0 Å². The molecule has 11 heteroatoms. The van der Waals surface area contributed by atoms with E-state index < -0.39 is 17.8 Å². The largest absolute Gasteiger partial charge is 0.464 e. The second-order valence-electron chi connectivity index (χ2n) is 9.32. The number of nitrogens with one attached hydrogen (secondary N) is 1. The van der Waals surface area contributed by atoms with E-state index >= 15 is 0 Å². The number of alkyl halides is 2. The minimum absolute atomic E-state index is 0.0429. The number of aryl methyl sites for hydroxylation is 1. The van der Waals surface area contributed by atoms with E-state index in [4.69, 9.17) is 21.3 Å². The number of esters is 1. The maximum atomic E-state index is 14.1. The predicted molar refractivity (Wildman–Crippen MR) is 130 cm³/mol. The van der Waals surface area contributed by atoms with Crippen LogP contribution in [0, 0.1) is 24.2 Å². The van der Waals surface area contributed by atoms with Crippen LogP contribution < -0.4 is 10.2 Å². The highest BCUT2D eigenvalue weighted by atomic mass is 35.5. The molecule has 1 N–H and O–H groups in total. The number of piperidine rings is 1. The van der Waals surface area contributed by atoms with Crippen molar-refractivity contribution in [1.82, 2.24) is 15.0 Å². The van der Waals surface area contributed by atoms with Crippen LogP contribution >= 0.6 is 11.6 Å². The van der Waals surface area contributed by atoms with Gasteiger partial charge in [0, 0.05) is 30.5 Å². The van der Waals surface area contributed by atoms with Crippen molar-refractivity contribution in [3.63, 3.8) is 0 Å². The molecule has 3 atom stereocenters. The molecule has 0 radical (unpaired) electrons. The predicted octanol–water partition coefficient (Wildman–Crippen LogP) is 5.05. The number of nitriles is 1. The summed E-state index contributed by atoms with van der Waals surface area (Å²) < 4.78 is 33.1. The van der Waals surface area contributed by atoms with E-state index in [9.17, 15) is 18.8 Å². The number of aromatic nitrogens is 3. The van der Waals surface area contributed by atoms with E-state index in [0.717, 1.165) is 11.1 Å². The third-order valence-corrected chi connectivity index (χ3v) is 7.11. The first kappa shape index (κ1) is 24.1. The number of halogens is 3. The lowest BCUT2D eigenvalue weighted by Gasteiger charge is -2.32. The number of hydrogen-bond donors (Lipinski definition) is 1. The smallest absolute Gasteiger partial charge is 0.358 e. The van der Waals surface area contributed by atoms with Crippen LogP contribution in [-0.2, 0) is 4.74 Å². The number of methoxy groups -OCH3 is 1. The SMILES string of the molecule is COC(=O)c1nc(Cl)ccc1N[C@H](C)c1cc(C)cc2nc(C#N)c(N3C[C@@H]4C[C@H]3CC4(F)F)nc12. The maximum Gasteiger partial charge on any atom is 0.358 e. The van der Waals surface area contributed by atoms with Crippen LogP contribution in [0.3, 0.4) is 0 Å². The third kappa shape index (κ3) is 4.07. The van der Waals surface area contributed by atoms with Gasteiger partial charge in [0.2, 0.25) is 0 Å². The molecule has 2 bridgehead atoms. The van der Waals surface area contributed by atoms with Crippen LogP contribution in [0.1, 0.15) is 53.1 Å². The molecule has 3 aromatic rings. The standard InChI is InChI=1S/C25H23ClF2N6O2/c1-12-6-16(13(2)30-17-4-5-20(26)32-22(17)24(35)36-3)21-18(7-12)31-19(10-29)23(33-21)34-11-14-8-15(34)9-25(14,27)28/h4-7,13-15,30H,8-9,11H2,1-3H3/t13-,14+,15+/m1/s1. The molecule has 5 rings (SSSR count). The van der Waals surface area contributed by atoms with Crippen LogP contribution in [0.2, 0.25) is 5.15 Å². The van der Waals surface area contributed by atoms with Crippen molar-refractivity contribution >= 4 is 40.1 Å². The minimum atomic E-state index is -2.69. The van der Waals surface area contributed by atoms with Crippen molar-refractivity contribution in [3.05, 3.63) is 51.9 Å². The van der Waals surface area contributed by atoms with Gasteiger partial charge < -0.3 is 15.0 Å². The summed E-state index contributed by atoms with van der Waals surface area (Å²) in [5, 5.41) is 13.2. The molecule has 1 saturated carbocycles. The molecule has 2 aromatic heterocycles. The fraction of sp³-hybridized carbons (Fsp3) is 0.400. The van der Waals surface area contributed by atoms with E-state index in [1.807, 2.05) is 26.0 Å². The Morgan fingerprint density at radius 3 is 2.75 bits per heavy atom. The van der Waals surface area contributed by atoms with Gasteiger partial charge in [-0.15, -0.1) is 0 Å². The fourth-order valence-electron chi connectivity index (χ4n) is 5.20. The number of pyridine rings is 1. The number of rotatable bonds is 5. The molecular formula is C25H23ClF2N6O2. The first-order chi connectivity index (χ1) is 17.1. The maximum absolute atomic E-state index is 14.1. The Bertz CT molecular complexity index is 1430. The molecule has 1 saturated heterocycles. The molecule has 3 heterocycles. The van der Waals surface area contributed by atoms with E-state index in [1.165, 1.54) is 7.11 Å². The Balaban J connectivity index is 1.57. The van der Waals surface area contributed by atoms with Crippen LogP contribution in [0.15, 0.2) is 24.3 Å². The molecule has 186 valence electrons. The zero-order valence-corrected chi connectivity index (χ0v) is 20.6. The molecule has 1 aliphatic carbocycles. The van der Waals surface area contributed by atoms with Gasteiger partial charge in [-0.2, -0.15) is 5.26 Å². The normalized spacial score (nSPS) is 20.9. The van der Waals surface area contributed by atoms with Gasteiger partial charge in [0.1, 0.15) is 11.2 Å². The number of carbonyl (C=O) groups is 1. The lowest BCUT2D eigenvalue weighted by atomic mass is 10.0. The number of fused-ring (bicyclic) bond motifs is 3. The molecular weight excluding hydrogens is 490 g/mol. The Kier molecular flexibility index (Phi) is 5.91. The Labute approximate surface area is 211 Å². The van der Waals surface area contributed by atoms with Gasteiger partial charge in [-0.05, 0) is 44.0 Å². The topological polar surface area (TPSA) is 104 Å².